The van der Waals surface area contributed by atoms with Crippen molar-refractivity contribution in [2.45, 2.75) is 57.0 Å². The third kappa shape index (κ3) is 5.18. The van der Waals surface area contributed by atoms with E-state index in [4.69, 9.17) is 4.74 Å². The molecule has 7 heteroatoms. The van der Waals surface area contributed by atoms with E-state index in [-0.39, 0.29) is 31.0 Å². The summed E-state index contributed by atoms with van der Waals surface area (Å²) in [6, 6.07) is 15.4. The number of carboxylic acid groups (broad SMARTS) is 1. The summed E-state index contributed by atoms with van der Waals surface area (Å²) < 4.78 is 5.60. The van der Waals surface area contributed by atoms with Gasteiger partial charge in [-0.1, -0.05) is 68.3 Å². The molecule has 2 aliphatic carbocycles. The molecular weight excluding hydrogens is 420 g/mol. The number of carboxylic acids is 1. The van der Waals surface area contributed by atoms with Crippen LogP contribution in [0.4, 0.5) is 4.79 Å². The van der Waals surface area contributed by atoms with Gasteiger partial charge in [-0.15, -0.1) is 0 Å². The third-order valence-corrected chi connectivity index (χ3v) is 6.36. The van der Waals surface area contributed by atoms with Crippen molar-refractivity contribution in [2.75, 3.05) is 13.2 Å². The third-order valence-electron chi connectivity index (χ3n) is 6.36. The predicted molar refractivity (Wildman–Crippen MR) is 124 cm³/mol. The number of nitrogens with zero attached hydrogens (tertiary/aromatic N) is 1. The molecule has 33 heavy (non-hydrogen) atoms. The fourth-order valence-corrected chi connectivity index (χ4v) is 4.57. The lowest BCUT2D eigenvalue weighted by Crippen LogP contribution is -2.51. The first-order valence-electron chi connectivity index (χ1n) is 11.6. The zero-order valence-electron chi connectivity index (χ0n) is 18.8. The lowest BCUT2D eigenvalue weighted by atomic mass is 9.98. The Labute approximate surface area is 193 Å². The first kappa shape index (κ1) is 22.8. The van der Waals surface area contributed by atoms with Crippen LogP contribution in [0.25, 0.3) is 11.1 Å². The van der Waals surface area contributed by atoms with Crippen molar-refractivity contribution in [3.8, 4) is 11.1 Å². The molecule has 1 atom stereocenters. The van der Waals surface area contributed by atoms with E-state index < -0.39 is 18.1 Å². The number of ether oxygens (including phenoxy) is 1. The topological polar surface area (TPSA) is 95.9 Å². The Balaban J connectivity index is 1.43. The van der Waals surface area contributed by atoms with Gasteiger partial charge in [-0.2, -0.15) is 0 Å². The van der Waals surface area contributed by atoms with Gasteiger partial charge in [0, 0.05) is 12.0 Å². The number of nitrogens with one attached hydrogen (secondary N) is 1. The summed E-state index contributed by atoms with van der Waals surface area (Å²) in [5.41, 5.74) is 4.52. The van der Waals surface area contributed by atoms with Crippen molar-refractivity contribution < 1.29 is 24.2 Å². The number of aliphatic carboxylic acids is 1. The van der Waals surface area contributed by atoms with Gasteiger partial charge in [0.15, 0.2) is 0 Å². The first-order valence-corrected chi connectivity index (χ1v) is 11.6. The van der Waals surface area contributed by atoms with Crippen molar-refractivity contribution in [3.05, 3.63) is 59.7 Å². The number of alkyl carbamates (subject to hydrolysis) is 1. The molecule has 0 spiro atoms. The Hall–Kier alpha value is -3.35. The molecule has 0 bridgehead atoms. The highest BCUT2D eigenvalue weighted by molar-refractivity contribution is 5.88. The number of hydrogen-bond donors (Lipinski definition) is 2. The molecule has 0 saturated heterocycles. The average Bonchev–Trinajstić information content (AvgIpc) is 3.61. The van der Waals surface area contributed by atoms with Crippen LogP contribution in [0.3, 0.4) is 0 Å². The highest BCUT2D eigenvalue weighted by atomic mass is 16.5. The fraction of sp³-hybridized carbons (Fsp3) is 0.423. The van der Waals surface area contributed by atoms with Crippen LogP contribution < -0.4 is 5.32 Å². The van der Waals surface area contributed by atoms with E-state index in [1.807, 2.05) is 43.3 Å². The Morgan fingerprint density at radius 2 is 1.67 bits per heavy atom. The molecule has 1 saturated carbocycles. The predicted octanol–water partition coefficient (Wildman–Crippen LogP) is 4.16. The molecule has 2 aromatic carbocycles. The molecule has 0 unspecified atom stereocenters. The molecule has 4 rings (SSSR count). The summed E-state index contributed by atoms with van der Waals surface area (Å²) in [6.45, 7) is 1.82. The van der Waals surface area contributed by atoms with Crippen LogP contribution in [0.15, 0.2) is 48.5 Å². The van der Waals surface area contributed by atoms with Crippen molar-refractivity contribution in [2.24, 2.45) is 0 Å². The first-order chi connectivity index (χ1) is 16.0. The van der Waals surface area contributed by atoms with Crippen LogP contribution in [0.2, 0.25) is 0 Å². The van der Waals surface area contributed by atoms with Gasteiger partial charge in [0.1, 0.15) is 19.2 Å². The second-order valence-electron chi connectivity index (χ2n) is 8.76. The summed E-state index contributed by atoms with van der Waals surface area (Å²) in [5, 5.41) is 11.9. The lowest BCUT2D eigenvalue weighted by molar-refractivity contribution is -0.145. The zero-order chi connectivity index (χ0) is 23.4. The van der Waals surface area contributed by atoms with Crippen molar-refractivity contribution >= 4 is 18.0 Å². The number of carbonyl (C=O) groups is 3. The molecule has 2 amide bonds. The summed E-state index contributed by atoms with van der Waals surface area (Å²) in [7, 11) is 0. The number of benzene rings is 2. The minimum atomic E-state index is -1.05. The molecular formula is C26H30N2O5. The van der Waals surface area contributed by atoms with Gasteiger partial charge in [-0.05, 0) is 41.5 Å². The second kappa shape index (κ2) is 10.1. The molecule has 0 aromatic heterocycles. The Morgan fingerprint density at radius 1 is 1.06 bits per heavy atom. The number of amides is 2. The molecule has 0 aliphatic heterocycles. The minimum Gasteiger partial charge on any atom is -0.480 e. The minimum absolute atomic E-state index is 0.0537. The van der Waals surface area contributed by atoms with Gasteiger partial charge in [0.05, 0.1) is 0 Å². The van der Waals surface area contributed by atoms with Crippen molar-refractivity contribution in [1.29, 1.82) is 0 Å². The molecule has 174 valence electrons. The molecule has 2 aromatic rings. The van der Waals surface area contributed by atoms with E-state index in [1.165, 1.54) is 4.90 Å². The van der Waals surface area contributed by atoms with Crippen molar-refractivity contribution in [1.82, 2.24) is 10.2 Å². The van der Waals surface area contributed by atoms with Gasteiger partial charge in [0.2, 0.25) is 5.91 Å². The van der Waals surface area contributed by atoms with E-state index in [1.54, 1.807) is 0 Å². The highest BCUT2D eigenvalue weighted by Gasteiger charge is 2.37. The SMILES string of the molecule is CCCC[C@H](NC(=O)OCC1c2ccccc2-c2ccccc21)C(=O)N(CC(=O)O)C1CC1. The molecule has 2 aliphatic rings. The van der Waals surface area contributed by atoms with Gasteiger partial charge in [-0.3, -0.25) is 9.59 Å². The number of rotatable bonds is 10. The van der Waals surface area contributed by atoms with Gasteiger partial charge < -0.3 is 20.1 Å². The zero-order valence-corrected chi connectivity index (χ0v) is 18.8. The molecule has 7 nitrogen and oxygen atoms in total. The van der Waals surface area contributed by atoms with Crippen LogP contribution in [0, 0.1) is 0 Å². The Morgan fingerprint density at radius 3 is 2.21 bits per heavy atom. The van der Waals surface area contributed by atoms with Crippen LogP contribution in [-0.4, -0.2) is 53.2 Å². The van der Waals surface area contributed by atoms with E-state index in [0.29, 0.717) is 6.42 Å². The molecule has 1 fully saturated rings. The van der Waals surface area contributed by atoms with E-state index in [2.05, 4.69) is 17.4 Å². The smallest absolute Gasteiger partial charge is 0.407 e. The summed E-state index contributed by atoms with van der Waals surface area (Å²) in [5.74, 6) is -1.46. The van der Waals surface area contributed by atoms with E-state index in [0.717, 1.165) is 47.9 Å². The summed E-state index contributed by atoms with van der Waals surface area (Å²) >= 11 is 0. The monoisotopic (exact) mass is 450 g/mol. The maximum absolute atomic E-state index is 13.1. The standard InChI is InChI=1S/C26H30N2O5/c1-2-3-12-23(25(31)28(15-24(29)30)17-13-14-17)27-26(32)33-16-22-20-10-6-4-8-18(20)19-9-5-7-11-21(19)22/h4-11,17,22-23H,2-3,12-16H2,1H3,(H,27,32)(H,29,30)/t23-/m0/s1. The maximum Gasteiger partial charge on any atom is 0.407 e. The number of carbonyl (C=O) groups excluding carboxylic acids is 2. The maximum atomic E-state index is 13.1. The average molecular weight is 451 g/mol. The Kier molecular flexibility index (Phi) is 6.96. The normalized spacial score (nSPS) is 15.3. The fourth-order valence-electron chi connectivity index (χ4n) is 4.57. The molecule has 0 heterocycles. The van der Waals surface area contributed by atoms with Gasteiger partial charge in [-0.25, -0.2) is 4.79 Å². The highest BCUT2D eigenvalue weighted by Crippen LogP contribution is 2.44. The quantitative estimate of drug-likeness (QED) is 0.567. The number of hydrogen-bond acceptors (Lipinski definition) is 4. The van der Waals surface area contributed by atoms with Crippen LogP contribution in [0.5, 0.6) is 0 Å². The van der Waals surface area contributed by atoms with Crippen LogP contribution in [0.1, 0.15) is 56.1 Å². The Bertz CT molecular complexity index is 987. The van der Waals surface area contributed by atoms with Crippen LogP contribution >= 0.6 is 0 Å². The van der Waals surface area contributed by atoms with Gasteiger partial charge >= 0.3 is 12.1 Å². The number of unbranched alkanes of at least 4 members (excludes halogenated alkanes) is 1. The molecule has 2 N–H and O–H groups in total. The van der Waals surface area contributed by atoms with E-state index >= 15 is 0 Å². The second-order valence-corrected chi connectivity index (χ2v) is 8.76. The lowest BCUT2D eigenvalue weighted by Gasteiger charge is -2.26. The van der Waals surface area contributed by atoms with Crippen molar-refractivity contribution in [3.63, 3.8) is 0 Å². The molecule has 0 radical (unpaired) electrons. The number of fused-ring (bicyclic) bond motifs is 3. The van der Waals surface area contributed by atoms with Gasteiger partial charge in [0.25, 0.3) is 0 Å². The van der Waals surface area contributed by atoms with E-state index in [9.17, 15) is 19.5 Å². The largest absolute Gasteiger partial charge is 0.480 e. The summed E-state index contributed by atoms with van der Waals surface area (Å²) in [6.07, 6.45) is 2.99. The summed E-state index contributed by atoms with van der Waals surface area (Å²) in [4.78, 5) is 38.4. The van der Waals surface area contributed by atoms with Crippen LogP contribution in [-0.2, 0) is 14.3 Å².